The normalized spacial score (nSPS) is 17.5. The molecule has 0 bridgehead atoms. The molecule has 0 saturated carbocycles. The van der Waals surface area contributed by atoms with Crippen molar-refractivity contribution in [3.05, 3.63) is 88.8 Å². The number of hydrogen-bond donors (Lipinski definition) is 0. The van der Waals surface area contributed by atoms with Gasteiger partial charge in [0.15, 0.2) is 5.65 Å². The van der Waals surface area contributed by atoms with Gasteiger partial charge in [-0.2, -0.15) is 0 Å². The minimum atomic E-state index is -3.92. The van der Waals surface area contributed by atoms with Crippen LogP contribution in [0.25, 0.3) is 17.2 Å². The maximum Gasteiger partial charge on any atom is 0.345 e. The molecule has 5 rings (SSSR count). The Labute approximate surface area is 221 Å². The van der Waals surface area contributed by atoms with Gasteiger partial charge in [0.25, 0.3) is 10.0 Å². The summed E-state index contributed by atoms with van der Waals surface area (Å²) in [4.78, 5) is 27.5. The number of para-hydroxylation sites is 1. The molecule has 1 atom stereocenters. The molecule has 2 aromatic carbocycles. The highest BCUT2D eigenvalue weighted by Crippen LogP contribution is 2.32. The summed E-state index contributed by atoms with van der Waals surface area (Å²) in [6.07, 6.45) is 4.54. The molecule has 196 valence electrons. The summed E-state index contributed by atoms with van der Waals surface area (Å²) >= 11 is 0. The fourth-order valence-electron chi connectivity index (χ4n) is 4.36. The van der Waals surface area contributed by atoms with Gasteiger partial charge in [-0.05, 0) is 67.3 Å². The summed E-state index contributed by atoms with van der Waals surface area (Å²) in [5, 5.41) is 1.42. The van der Waals surface area contributed by atoms with Gasteiger partial charge in [0.05, 0.1) is 16.4 Å². The smallest absolute Gasteiger partial charge is 0.345 e. The predicted molar refractivity (Wildman–Crippen MR) is 144 cm³/mol. The Kier molecular flexibility index (Phi) is 5.83. The molecule has 2 aromatic heterocycles. The third-order valence-electron chi connectivity index (χ3n) is 6.33. The van der Waals surface area contributed by atoms with Crippen LogP contribution in [0, 0.1) is 0 Å². The van der Waals surface area contributed by atoms with Gasteiger partial charge < -0.3 is 4.74 Å². The van der Waals surface area contributed by atoms with Crippen LogP contribution >= 0.6 is 0 Å². The second-order valence-corrected chi connectivity index (χ2v) is 13.3. The lowest BCUT2D eigenvalue weighted by Crippen LogP contribution is -2.38. The Hall–Kier alpha value is -3.85. The van der Waals surface area contributed by atoms with E-state index in [0.717, 1.165) is 14.8 Å². The third-order valence-corrected chi connectivity index (χ3v) is 8.01. The van der Waals surface area contributed by atoms with Crippen LogP contribution in [0.4, 0.5) is 0 Å². The average Bonchev–Trinajstić information content (AvgIpc) is 3.45. The maximum absolute atomic E-state index is 13.5. The number of nitrogens with zero attached hydrogens (tertiary/aromatic N) is 4. The first kappa shape index (κ1) is 25.8. The molecule has 38 heavy (non-hydrogen) atoms. The molecule has 0 amide bonds. The van der Waals surface area contributed by atoms with E-state index < -0.39 is 27.1 Å². The number of benzene rings is 2. The van der Waals surface area contributed by atoms with Crippen molar-refractivity contribution in [2.45, 2.75) is 63.0 Å². The fourth-order valence-corrected chi connectivity index (χ4v) is 5.66. The van der Waals surface area contributed by atoms with Crippen LogP contribution in [0.5, 0.6) is 0 Å². The SMILES string of the molecule is CC(C)(C)OC(=O)C1(c2cnc3c(ccn3S(=O)(=O)c3ccc(C(C)(C)C)cc3)n2)C=c2ccccc2=N1. The molecule has 1 aliphatic rings. The van der Waals surface area contributed by atoms with E-state index in [1.807, 2.05) is 36.4 Å². The lowest BCUT2D eigenvalue weighted by atomic mass is 9.87. The highest BCUT2D eigenvalue weighted by Gasteiger charge is 2.45. The van der Waals surface area contributed by atoms with Crippen LogP contribution < -0.4 is 10.6 Å². The van der Waals surface area contributed by atoms with Gasteiger partial charge in [-0.3, -0.25) is 4.99 Å². The summed E-state index contributed by atoms with van der Waals surface area (Å²) in [7, 11) is -3.92. The molecule has 8 nitrogen and oxygen atoms in total. The van der Waals surface area contributed by atoms with Crippen molar-refractivity contribution in [1.29, 1.82) is 0 Å². The number of carbonyl (C=O) groups excluding carboxylic acids is 1. The van der Waals surface area contributed by atoms with Crippen LogP contribution in [0.3, 0.4) is 0 Å². The van der Waals surface area contributed by atoms with E-state index in [9.17, 15) is 13.2 Å². The lowest BCUT2D eigenvalue weighted by molar-refractivity contribution is -0.159. The number of rotatable bonds is 4. The summed E-state index contributed by atoms with van der Waals surface area (Å²) in [5.74, 6) is -0.583. The molecular formula is C29H30N4O4S. The van der Waals surface area contributed by atoms with Crippen LogP contribution in [0.1, 0.15) is 52.8 Å². The van der Waals surface area contributed by atoms with Gasteiger partial charge in [-0.1, -0.05) is 51.1 Å². The summed E-state index contributed by atoms with van der Waals surface area (Å²) in [6.45, 7) is 11.6. The van der Waals surface area contributed by atoms with Crippen LogP contribution in [-0.4, -0.2) is 33.9 Å². The Balaban J connectivity index is 1.60. The molecule has 0 radical (unpaired) electrons. The molecule has 3 heterocycles. The molecule has 1 aliphatic heterocycles. The van der Waals surface area contributed by atoms with E-state index in [-0.39, 0.29) is 21.7 Å². The van der Waals surface area contributed by atoms with Crippen LogP contribution in [-0.2, 0) is 30.5 Å². The first-order chi connectivity index (χ1) is 17.7. The predicted octanol–water partition coefficient (Wildman–Crippen LogP) is 3.62. The van der Waals surface area contributed by atoms with Gasteiger partial charge in [-0.25, -0.2) is 27.2 Å². The Morgan fingerprint density at radius 1 is 0.947 bits per heavy atom. The zero-order valence-corrected chi connectivity index (χ0v) is 23.1. The van der Waals surface area contributed by atoms with Gasteiger partial charge in [0.1, 0.15) is 16.8 Å². The lowest BCUT2D eigenvalue weighted by Gasteiger charge is -2.27. The second kappa shape index (κ2) is 8.59. The molecule has 0 N–H and O–H groups in total. The first-order valence-corrected chi connectivity index (χ1v) is 13.8. The van der Waals surface area contributed by atoms with E-state index in [2.05, 4.69) is 30.7 Å². The largest absolute Gasteiger partial charge is 0.458 e. The van der Waals surface area contributed by atoms with Gasteiger partial charge in [0.2, 0.25) is 5.54 Å². The molecule has 1 unspecified atom stereocenters. The van der Waals surface area contributed by atoms with E-state index in [4.69, 9.17) is 9.73 Å². The highest BCUT2D eigenvalue weighted by molar-refractivity contribution is 7.90. The van der Waals surface area contributed by atoms with Gasteiger partial charge >= 0.3 is 5.97 Å². The fraction of sp³-hybridized carbons (Fsp3) is 0.310. The van der Waals surface area contributed by atoms with Gasteiger partial charge in [-0.15, -0.1) is 0 Å². The quantitative estimate of drug-likeness (QED) is 0.374. The monoisotopic (exact) mass is 530 g/mol. The molecule has 0 aliphatic carbocycles. The molecule has 9 heteroatoms. The average molecular weight is 531 g/mol. The zero-order valence-electron chi connectivity index (χ0n) is 22.3. The number of carbonyl (C=O) groups is 1. The van der Waals surface area contributed by atoms with Crippen molar-refractivity contribution in [2.75, 3.05) is 0 Å². The van der Waals surface area contributed by atoms with Crippen molar-refractivity contribution in [3.8, 4) is 0 Å². The van der Waals surface area contributed by atoms with E-state index in [1.54, 1.807) is 45.0 Å². The Morgan fingerprint density at radius 2 is 1.63 bits per heavy atom. The van der Waals surface area contributed by atoms with E-state index in [0.29, 0.717) is 10.9 Å². The Morgan fingerprint density at radius 3 is 2.26 bits per heavy atom. The van der Waals surface area contributed by atoms with Crippen molar-refractivity contribution in [1.82, 2.24) is 13.9 Å². The molecule has 0 fully saturated rings. The zero-order chi connectivity index (χ0) is 27.5. The summed E-state index contributed by atoms with van der Waals surface area (Å²) in [5.41, 5.74) is -0.635. The molecule has 0 saturated heterocycles. The Bertz CT molecular complexity index is 1760. The van der Waals surface area contributed by atoms with Crippen LogP contribution in [0.2, 0.25) is 0 Å². The van der Waals surface area contributed by atoms with Crippen molar-refractivity contribution in [3.63, 3.8) is 0 Å². The number of fused-ring (bicyclic) bond motifs is 2. The topological polar surface area (TPSA) is 104 Å². The highest BCUT2D eigenvalue weighted by atomic mass is 32.2. The number of hydrogen-bond acceptors (Lipinski definition) is 7. The maximum atomic E-state index is 13.5. The third kappa shape index (κ3) is 4.41. The number of esters is 1. The minimum Gasteiger partial charge on any atom is -0.458 e. The first-order valence-electron chi connectivity index (χ1n) is 12.3. The number of ether oxygens (including phenoxy) is 1. The summed E-state index contributed by atoms with van der Waals surface area (Å²) < 4.78 is 33.8. The van der Waals surface area contributed by atoms with Crippen molar-refractivity contribution in [2.24, 2.45) is 4.99 Å². The minimum absolute atomic E-state index is 0.101. The summed E-state index contributed by atoms with van der Waals surface area (Å²) in [6, 6.07) is 15.8. The van der Waals surface area contributed by atoms with Crippen LogP contribution in [0.15, 0.2) is 76.9 Å². The number of aromatic nitrogens is 3. The molecule has 0 spiro atoms. The van der Waals surface area contributed by atoms with Crippen molar-refractivity contribution >= 4 is 33.2 Å². The standard InChI is InChI=1S/C29H30N4O4S/c1-27(2,3)20-11-13-21(14-12-20)38(35,36)33-16-15-23-25(33)30-18-24(31-23)29(26(34)37-28(4,5)6)17-19-9-7-8-10-22(19)32-29/h7-18H,1-6H3. The van der Waals surface area contributed by atoms with E-state index >= 15 is 0 Å². The van der Waals surface area contributed by atoms with Crippen molar-refractivity contribution < 1.29 is 17.9 Å². The molecular weight excluding hydrogens is 500 g/mol. The molecule has 4 aromatic rings. The van der Waals surface area contributed by atoms with Gasteiger partial charge in [0, 0.05) is 6.20 Å². The van der Waals surface area contributed by atoms with E-state index in [1.165, 1.54) is 12.4 Å². The second-order valence-electron chi connectivity index (χ2n) is 11.4.